The number of hydrogen-bond acceptors (Lipinski definition) is 1. The van der Waals surface area contributed by atoms with Gasteiger partial charge >= 0.3 is 0 Å². The van der Waals surface area contributed by atoms with Crippen molar-refractivity contribution >= 4 is 0 Å². The van der Waals surface area contributed by atoms with Crippen molar-refractivity contribution in [1.82, 2.24) is 0 Å². The highest BCUT2D eigenvalue weighted by Gasteiger charge is 2.36. The summed E-state index contributed by atoms with van der Waals surface area (Å²) in [5.74, 6) is 2.80. The van der Waals surface area contributed by atoms with E-state index in [1.165, 1.54) is 70.6 Å². The molecule has 0 aromatic rings. The zero-order chi connectivity index (χ0) is 14.4. The molecule has 2 fully saturated rings. The Morgan fingerprint density at radius 2 is 1.80 bits per heavy atom. The maximum Gasteiger partial charge on any atom is 0.0686 e. The Morgan fingerprint density at radius 1 is 1.05 bits per heavy atom. The summed E-state index contributed by atoms with van der Waals surface area (Å²) in [7, 11) is 0. The minimum Gasteiger partial charge on any atom is -0.198 e. The van der Waals surface area contributed by atoms with Crippen molar-refractivity contribution < 1.29 is 0 Å². The van der Waals surface area contributed by atoms with Crippen molar-refractivity contribution in [2.24, 2.45) is 23.2 Å². The SMILES string of the molecule is CCCCCC1CCC([C@@H]2CCC[C@@](C)(C#N)C2)CC1. The number of hydrogen-bond donors (Lipinski definition) is 0. The highest BCUT2D eigenvalue weighted by molar-refractivity contribution is 5.00. The number of nitriles is 1. The molecule has 1 heteroatoms. The van der Waals surface area contributed by atoms with Gasteiger partial charge in [-0.1, -0.05) is 58.3 Å². The maximum absolute atomic E-state index is 9.38. The highest BCUT2D eigenvalue weighted by Crippen LogP contribution is 2.46. The van der Waals surface area contributed by atoms with Crippen LogP contribution in [-0.4, -0.2) is 0 Å². The molecular weight excluding hydrogens is 242 g/mol. The molecule has 1 nitrogen and oxygen atoms in total. The van der Waals surface area contributed by atoms with Crippen LogP contribution in [0.4, 0.5) is 0 Å². The molecule has 2 atom stereocenters. The van der Waals surface area contributed by atoms with E-state index in [4.69, 9.17) is 0 Å². The Hall–Kier alpha value is -0.510. The molecule has 0 spiro atoms. The highest BCUT2D eigenvalue weighted by atomic mass is 14.4. The summed E-state index contributed by atoms with van der Waals surface area (Å²) in [6.45, 7) is 4.49. The standard InChI is InChI=1S/C19H33N/c1-3-4-5-7-16-9-11-17(12-10-16)18-8-6-13-19(2,14-18)15-20/h16-18H,3-14H2,1-2H3/t16?,17?,18-,19-/m1/s1. The van der Waals surface area contributed by atoms with Gasteiger partial charge in [0.05, 0.1) is 11.5 Å². The molecule has 0 heterocycles. The van der Waals surface area contributed by atoms with Gasteiger partial charge in [-0.2, -0.15) is 5.26 Å². The van der Waals surface area contributed by atoms with Crippen molar-refractivity contribution in [2.75, 3.05) is 0 Å². The molecule has 0 N–H and O–H groups in total. The molecule has 0 aromatic heterocycles. The molecule has 20 heavy (non-hydrogen) atoms. The van der Waals surface area contributed by atoms with Gasteiger partial charge in [-0.15, -0.1) is 0 Å². The normalized spacial score (nSPS) is 38.4. The van der Waals surface area contributed by atoms with E-state index in [0.717, 1.165) is 24.2 Å². The molecule has 0 amide bonds. The Balaban J connectivity index is 1.75. The third kappa shape index (κ3) is 4.24. The number of nitrogens with zero attached hydrogens (tertiary/aromatic N) is 1. The molecule has 2 saturated carbocycles. The second-order valence-corrected chi connectivity index (χ2v) is 7.81. The average molecular weight is 275 g/mol. The van der Waals surface area contributed by atoms with Gasteiger partial charge in [-0.3, -0.25) is 0 Å². The quantitative estimate of drug-likeness (QED) is 0.557. The molecule has 0 saturated heterocycles. The molecule has 2 rings (SSSR count). The molecule has 0 unspecified atom stereocenters. The van der Waals surface area contributed by atoms with E-state index < -0.39 is 0 Å². The summed E-state index contributed by atoms with van der Waals surface area (Å²) >= 11 is 0. The first-order chi connectivity index (χ1) is 9.67. The molecule has 0 aromatic carbocycles. The van der Waals surface area contributed by atoms with E-state index in [0.29, 0.717) is 0 Å². The van der Waals surface area contributed by atoms with E-state index in [2.05, 4.69) is 19.9 Å². The van der Waals surface area contributed by atoms with E-state index in [1.54, 1.807) is 0 Å². The lowest BCUT2D eigenvalue weighted by atomic mass is 9.64. The van der Waals surface area contributed by atoms with Gasteiger partial charge in [0.2, 0.25) is 0 Å². The van der Waals surface area contributed by atoms with E-state index >= 15 is 0 Å². The molecule has 0 bridgehead atoms. The second-order valence-electron chi connectivity index (χ2n) is 7.81. The van der Waals surface area contributed by atoms with Crippen LogP contribution in [0.3, 0.4) is 0 Å². The molecule has 0 aliphatic heterocycles. The molecule has 0 radical (unpaired) electrons. The van der Waals surface area contributed by atoms with E-state index in [-0.39, 0.29) is 5.41 Å². The predicted molar refractivity (Wildman–Crippen MR) is 85.3 cm³/mol. The summed E-state index contributed by atoms with van der Waals surface area (Å²) in [5.41, 5.74) is -0.0130. The fourth-order valence-electron chi connectivity index (χ4n) is 4.67. The Kier molecular flexibility index (Phi) is 5.94. The van der Waals surface area contributed by atoms with Crippen LogP contribution in [0.1, 0.15) is 90.9 Å². The molecule has 2 aliphatic rings. The lowest BCUT2D eigenvalue weighted by molar-refractivity contribution is 0.117. The van der Waals surface area contributed by atoms with E-state index in [9.17, 15) is 5.26 Å². The van der Waals surface area contributed by atoms with Crippen molar-refractivity contribution in [3.63, 3.8) is 0 Å². The zero-order valence-electron chi connectivity index (χ0n) is 13.7. The predicted octanol–water partition coefficient (Wildman–Crippen LogP) is 6.09. The lowest BCUT2D eigenvalue weighted by Gasteiger charge is -2.40. The minimum absolute atomic E-state index is 0.0130. The van der Waals surface area contributed by atoms with Gasteiger partial charge in [0.15, 0.2) is 0 Å². The first-order valence-electron chi connectivity index (χ1n) is 9.08. The maximum atomic E-state index is 9.38. The van der Waals surface area contributed by atoms with Crippen LogP contribution in [0.25, 0.3) is 0 Å². The van der Waals surface area contributed by atoms with Crippen molar-refractivity contribution in [1.29, 1.82) is 5.26 Å². The van der Waals surface area contributed by atoms with Gasteiger partial charge < -0.3 is 0 Å². The summed E-state index contributed by atoms with van der Waals surface area (Å²) in [4.78, 5) is 0. The smallest absolute Gasteiger partial charge is 0.0686 e. The third-order valence-electron chi connectivity index (χ3n) is 6.06. The molecular formula is C19H33N. The van der Waals surface area contributed by atoms with E-state index in [1.807, 2.05) is 0 Å². The van der Waals surface area contributed by atoms with Crippen LogP contribution in [0.5, 0.6) is 0 Å². The Labute approximate surface area is 126 Å². The van der Waals surface area contributed by atoms with Gasteiger partial charge in [0.25, 0.3) is 0 Å². The Morgan fingerprint density at radius 3 is 2.45 bits per heavy atom. The summed E-state index contributed by atoms with van der Waals surface area (Å²) in [6.07, 6.45) is 16.5. The largest absolute Gasteiger partial charge is 0.198 e. The van der Waals surface area contributed by atoms with Gasteiger partial charge in [0, 0.05) is 0 Å². The zero-order valence-corrected chi connectivity index (χ0v) is 13.7. The lowest BCUT2D eigenvalue weighted by Crippen LogP contribution is -2.30. The third-order valence-corrected chi connectivity index (χ3v) is 6.06. The first kappa shape index (κ1) is 15.9. The number of rotatable bonds is 5. The summed E-state index contributed by atoms with van der Waals surface area (Å²) < 4.78 is 0. The monoisotopic (exact) mass is 275 g/mol. The minimum atomic E-state index is -0.0130. The van der Waals surface area contributed by atoms with Crippen molar-refractivity contribution in [3.8, 4) is 6.07 Å². The summed E-state index contributed by atoms with van der Waals surface area (Å²) in [5, 5.41) is 9.38. The van der Waals surface area contributed by atoms with Crippen molar-refractivity contribution in [3.05, 3.63) is 0 Å². The number of unbranched alkanes of at least 4 members (excludes halogenated alkanes) is 2. The van der Waals surface area contributed by atoms with Crippen LogP contribution < -0.4 is 0 Å². The topological polar surface area (TPSA) is 23.8 Å². The Bertz CT molecular complexity index is 321. The second kappa shape index (κ2) is 7.48. The molecule has 114 valence electrons. The van der Waals surface area contributed by atoms with Gasteiger partial charge in [0.1, 0.15) is 0 Å². The fourth-order valence-corrected chi connectivity index (χ4v) is 4.67. The van der Waals surface area contributed by atoms with Crippen LogP contribution in [-0.2, 0) is 0 Å². The van der Waals surface area contributed by atoms with Crippen LogP contribution in [0.2, 0.25) is 0 Å². The summed E-state index contributed by atoms with van der Waals surface area (Å²) in [6, 6.07) is 2.59. The average Bonchev–Trinajstić information content (AvgIpc) is 2.48. The van der Waals surface area contributed by atoms with Crippen LogP contribution in [0.15, 0.2) is 0 Å². The fraction of sp³-hybridized carbons (Fsp3) is 0.947. The van der Waals surface area contributed by atoms with Crippen molar-refractivity contribution in [2.45, 2.75) is 90.9 Å². The van der Waals surface area contributed by atoms with Crippen LogP contribution in [0, 0.1) is 34.5 Å². The first-order valence-corrected chi connectivity index (χ1v) is 9.08. The van der Waals surface area contributed by atoms with Crippen LogP contribution >= 0.6 is 0 Å². The van der Waals surface area contributed by atoms with Gasteiger partial charge in [-0.25, -0.2) is 0 Å². The molecule has 2 aliphatic carbocycles. The van der Waals surface area contributed by atoms with Gasteiger partial charge in [-0.05, 0) is 50.4 Å².